The van der Waals surface area contributed by atoms with Crippen LogP contribution in [0.1, 0.15) is 5.56 Å². The van der Waals surface area contributed by atoms with Gasteiger partial charge in [0, 0.05) is 23.0 Å². The highest BCUT2D eigenvalue weighted by molar-refractivity contribution is 6.30. The summed E-state index contributed by atoms with van der Waals surface area (Å²) in [5, 5.41) is 6.60. The molecule has 0 atom stereocenters. The number of carbonyl (C=O) groups is 1. The van der Waals surface area contributed by atoms with Gasteiger partial charge in [-0.2, -0.15) is 0 Å². The quantitative estimate of drug-likeness (QED) is 0.363. The van der Waals surface area contributed by atoms with Crippen molar-refractivity contribution in [2.45, 2.75) is 6.42 Å². The summed E-state index contributed by atoms with van der Waals surface area (Å²) >= 11 is 5.72. The van der Waals surface area contributed by atoms with Crippen molar-refractivity contribution in [1.29, 1.82) is 0 Å². The van der Waals surface area contributed by atoms with E-state index in [0.717, 1.165) is 5.56 Å². The van der Waals surface area contributed by atoms with Gasteiger partial charge in [0.25, 0.3) is 0 Å². The van der Waals surface area contributed by atoms with E-state index in [-0.39, 0.29) is 12.5 Å². The summed E-state index contributed by atoms with van der Waals surface area (Å²) < 4.78 is 0. The minimum absolute atomic E-state index is 0.101. The van der Waals surface area contributed by atoms with Gasteiger partial charge < -0.3 is 5.32 Å². The van der Waals surface area contributed by atoms with Crippen LogP contribution in [0.4, 0.5) is 0 Å². The molecule has 0 aliphatic heterocycles. The van der Waals surface area contributed by atoms with Gasteiger partial charge in [0.05, 0.1) is 6.42 Å². The standard InChI is InChI=1S/C10H11ClN4O/c11-9-3-1-8(2-4-9)7-10(16)13-5-6-14-15-12/h1-4H,5-7H2,(H,13,16). The number of carbonyl (C=O) groups excluding carboxylic acids is 1. The molecule has 0 heterocycles. The molecule has 0 aliphatic carbocycles. The Kier molecular flexibility index (Phi) is 5.19. The van der Waals surface area contributed by atoms with E-state index >= 15 is 0 Å². The lowest BCUT2D eigenvalue weighted by Gasteiger charge is -2.03. The van der Waals surface area contributed by atoms with Crippen molar-refractivity contribution in [2.24, 2.45) is 5.11 Å². The van der Waals surface area contributed by atoms with Gasteiger partial charge >= 0.3 is 0 Å². The lowest BCUT2D eigenvalue weighted by atomic mass is 10.1. The highest BCUT2D eigenvalue weighted by Gasteiger charge is 2.01. The van der Waals surface area contributed by atoms with Gasteiger partial charge in [-0.15, -0.1) is 0 Å². The maximum Gasteiger partial charge on any atom is 0.224 e. The Labute approximate surface area is 98.0 Å². The lowest BCUT2D eigenvalue weighted by Crippen LogP contribution is -2.27. The first kappa shape index (κ1) is 12.4. The van der Waals surface area contributed by atoms with Crippen molar-refractivity contribution in [3.8, 4) is 0 Å². The molecule has 6 heteroatoms. The van der Waals surface area contributed by atoms with Crippen LogP contribution in [0.25, 0.3) is 10.4 Å². The van der Waals surface area contributed by atoms with Gasteiger partial charge in [0.1, 0.15) is 0 Å². The third-order valence-corrected chi connectivity index (χ3v) is 2.13. The summed E-state index contributed by atoms with van der Waals surface area (Å²) in [7, 11) is 0. The van der Waals surface area contributed by atoms with Crippen LogP contribution in [0.5, 0.6) is 0 Å². The Morgan fingerprint density at radius 1 is 1.44 bits per heavy atom. The molecule has 0 radical (unpaired) electrons. The Morgan fingerprint density at radius 2 is 2.12 bits per heavy atom. The molecule has 5 nitrogen and oxygen atoms in total. The topological polar surface area (TPSA) is 77.9 Å². The third kappa shape index (κ3) is 4.68. The van der Waals surface area contributed by atoms with Crippen molar-refractivity contribution in [3.05, 3.63) is 45.3 Å². The normalized spacial score (nSPS) is 9.31. The van der Waals surface area contributed by atoms with E-state index in [1.165, 1.54) is 0 Å². The number of halogens is 1. The minimum atomic E-state index is -0.101. The predicted octanol–water partition coefficient (Wildman–Crippen LogP) is 2.31. The first-order valence-electron chi connectivity index (χ1n) is 4.74. The lowest BCUT2D eigenvalue weighted by molar-refractivity contribution is -0.120. The second-order valence-corrected chi connectivity index (χ2v) is 3.54. The first-order valence-corrected chi connectivity index (χ1v) is 5.12. The summed E-state index contributed by atoms with van der Waals surface area (Å²) in [6.07, 6.45) is 0.299. The van der Waals surface area contributed by atoms with Crippen LogP contribution in [0.15, 0.2) is 29.4 Å². The van der Waals surface area contributed by atoms with Crippen LogP contribution in [0.2, 0.25) is 5.02 Å². The fraction of sp³-hybridized carbons (Fsp3) is 0.300. The smallest absolute Gasteiger partial charge is 0.224 e. The van der Waals surface area contributed by atoms with Crippen LogP contribution >= 0.6 is 11.6 Å². The maximum atomic E-state index is 11.4. The van der Waals surface area contributed by atoms with E-state index in [1.807, 2.05) is 0 Å². The fourth-order valence-electron chi connectivity index (χ4n) is 1.14. The monoisotopic (exact) mass is 238 g/mol. The van der Waals surface area contributed by atoms with Crippen molar-refractivity contribution in [3.63, 3.8) is 0 Å². The van der Waals surface area contributed by atoms with Crippen LogP contribution in [0, 0.1) is 0 Å². The second-order valence-electron chi connectivity index (χ2n) is 3.11. The zero-order chi connectivity index (χ0) is 11.8. The molecule has 1 N–H and O–H groups in total. The van der Waals surface area contributed by atoms with Crippen molar-refractivity contribution in [1.82, 2.24) is 5.32 Å². The highest BCUT2D eigenvalue weighted by Crippen LogP contribution is 2.09. The van der Waals surface area contributed by atoms with Gasteiger partial charge in [0.2, 0.25) is 5.91 Å². The van der Waals surface area contributed by atoms with E-state index in [2.05, 4.69) is 15.3 Å². The van der Waals surface area contributed by atoms with Crippen molar-refractivity contribution in [2.75, 3.05) is 13.1 Å². The highest BCUT2D eigenvalue weighted by atomic mass is 35.5. The number of amides is 1. The molecule has 1 rings (SSSR count). The molecule has 1 aromatic rings. The number of nitrogens with zero attached hydrogens (tertiary/aromatic N) is 3. The van der Waals surface area contributed by atoms with E-state index in [9.17, 15) is 4.79 Å². The fourth-order valence-corrected chi connectivity index (χ4v) is 1.27. The molecule has 1 aromatic carbocycles. The summed E-state index contributed by atoms with van der Waals surface area (Å²) in [6, 6.07) is 7.08. The van der Waals surface area contributed by atoms with Gasteiger partial charge in [0.15, 0.2) is 0 Å². The average Bonchev–Trinajstić information content (AvgIpc) is 2.28. The Balaban J connectivity index is 2.34. The summed E-state index contributed by atoms with van der Waals surface area (Å²) in [6.45, 7) is 0.624. The largest absolute Gasteiger partial charge is 0.356 e. The van der Waals surface area contributed by atoms with Crippen LogP contribution in [0.3, 0.4) is 0 Å². The number of nitrogens with one attached hydrogen (secondary N) is 1. The Hall–Kier alpha value is -1.71. The zero-order valence-electron chi connectivity index (χ0n) is 8.56. The van der Waals surface area contributed by atoms with Gasteiger partial charge in [-0.05, 0) is 23.2 Å². The molecule has 0 saturated heterocycles. The molecule has 0 spiro atoms. The second kappa shape index (κ2) is 6.71. The minimum Gasteiger partial charge on any atom is -0.356 e. The average molecular weight is 239 g/mol. The zero-order valence-corrected chi connectivity index (χ0v) is 9.31. The Bertz CT molecular complexity index is 398. The van der Waals surface area contributed by atoms with Crippen molar-refractivity contribution >= 4 is 17.5 Å². The molecular formula is C10H11ClN4O. The van der Waals surface area contributed by atoms with E-state index in [1.54, 1.807) is 24.3 Å². The van der Waals surface area contributed by atoms with E-state index in [0.29, 0.717) is 18.0 Å². The number of hydrogen-bond donors (Lipinski definition) is 1. The summed E-state index contributed by atoms with van der Waals surface area (Å²) in [5.41, 5.74) is 8.92. The SMILES string of the molecule is [N-]=[N+]=NCCNC(=O)Cc1ccc(Cl)cc1. The maximum absolute atomic E-state index is 11.4. The molecule has 0 fully saturated rings. The number of hydrogen-bond acceptors (Lipinski definition) is 2. The van der Waals surface area contributed by atoms with Crippen LogP contribution < -0.4 is 5.32 Å². The summed E-state index contributed by atoms with van der Waals surface area (Å²) in [4.78, 5) is 14.0. The first-order chi connectivity index (χ1) is 7.72. The third-order valence-electron chi connectivity index (χ3n) is 1.88. The molecular weight excluding hydrogens is 228 g/mol. The van der Waals surface area contributed by atoms with E-state index < -0.39 is 0 Å². The van der Waals surface area contributed by atoms with E-state index in [4.69, 9.17) is 17.1 Å². The van der Waals surface area contributed by atoms with Crippen molar-refractivity contribution < 1.29 is 4.79 Å². The Morgan fingerprint density at radius 3 is 2.75 bits per heavy atom. The number of azide groups is 1. The predicted molar refractivity (Wildman–Crippen MR) is 62.2 cm³/mol. The molecule has 0 saturated carbocycles. The molecule has 1 amide bonds. The molecule has 0 aromatic heterocycles. The van der Waals surface area contributed by atoms with Gasteiger partial charge in [-0.1, -0.05) is 28.8 Å². The van der Waals surface area contributed by atoms with Crippen LogP contribution in [-0.2, 0) is 11.2 Å². The van der Waals surface area contributed by atoms with Crippen LogP contribution in [-0.4, -0.2) is 19.0 Å². The number of benzene rings is 1. The molecule has 0 aliphatic rings. The molecule has 84 valence electrons. The summed E-state index contributed by atoms with van der Waals surface area (Å²) in [5.74, 6) is -0.101. The molecule has 0 bridgehead atoms. The number of rotatable bonds is 5. The van der Waals surface area contributed by atoms with Gasteiger partial charge in [-0.3, -0.25) is 4.79 Å². The van der Waals surface area contributed by atoms with Gasteiger partial charge in [-0.25, -0.2) is 0 Å². The molecule has 0 unspecified atom stereocenters. The molecule has 16 heavy (non-hydrogen) atoms.